The SMILES string of the molecule is Cc1nc2c(C(=O)NCCCN(Cc3ccccc3)C(C)C)cnn2c(C)c1Cc1ccccc1. The van der Waals surface area contributed by atoms with E-state index >= 15 is 0 Å². The smallest absolute Gasteiger partial charge is 0.256 e. The van der Waals surface area contributed by atoms with E-state index in [2.05, 4.69) is 65.6 Å². The van der Waals surface area contributed by atoms with Crippen LogP contribution in [0.3, 0.4) is 0 Å². The van der Waals surface area contributed by atoms with E-state index in [0.29, 0.717) is 23.8 Å². The summed E-state index contributed by atoms with van der Waals surface area (Å²) in [7, 11) is 0. The van der Waals surface area contributed by atoms with Crippen molar-refractivity contribution in [3.63, 3.8) is 0 Å². The predicted octanol–water partition coefficient (Wildman–Crippen LogP) is 4.97. The largest absolute Gasteiger partial charge is 0.352 e. The fourth-order valence-electron chi connectivity index (χ4n) is 4.44. The molecule has 0 atom stereocenters. The molecule has 182 valence electrons. The van der Waals surface area contributed by atoms with Gasteiger partial charge in [-0.05, 0) is 50.8 Å². The first-order valence-electron chi connectivity index (χ1n) is 12.4. The summed E-state index contributed by atoms with van der Waals surface area (Å²) in [6.45, 7) is 10.9. The average molecular weight is 470 g/mol. The number of hydrogen-bond donors (Lipinski definition) is 1. The normalized spacial score (nSPS) is 11.5. The molecule has 2 aromatic heterocycles. The summed E-state index contributed by atoms with van der Waals surface area (Å²) in [5.41, 5.74) is 6.76. The Bertz CT molecular complexity index is 1260. The fourth-order valence-corrected chi connectivity index (χ4v) is 4.44. The van der Waals surface area contributed by atoms with Gasteiger partial charge in [-0.15, -0.1) is 0 Å². The van der Waals surface area contributed by atoms with Crippen LogP contribution >= 0.6 is 0 Å². The zero-order valence-corrected chi connectivity index (χ0v) is 21.2. The Morgan fingerprint density at radius 3 is 2.31 bits per heavy atom. The van der Waals surface area contributed by atoms with Crippen molar-refractivity contribution in [1.29, 1.82) is 0 Å². The number of hydrogen-bond acceptors (Lipinski definition) is 4. The van der Waals surface area contributed by atoms with Crippen molar-refractivity contribution in [3.8, 4) is 0 Å². The van der Waals surface area contributed by atoms with Crippen LogP contribution in [0.2, 0.25) is 0 Å². The molecule has 0 fully saturated rings. The van der Waals surface area contributed by atoms with Crippen molar-refractivity contribution in [2.45, 2.75) is 53.1 Å². The molecule has 0 aliphatic carbocycles. The van der Waals surface area contributed by atoms with Gasteiger partial charge in [-0.1, -0.05) is 60.7 Å². The van der Waals surface area contributed by atoms with Crippen molar-refractivity contribution in [2.24, 2.45) is 0 Å². The van der Waals surface area contributed by atoms with E-state index in [-0.39, 0.29) is 5.91 Å². The molecular formula is C29H35N5O. The number of amides is 1. The summed E-state index contributed by atoms with van der Waals surface area (Å²) in [5.74, 6) is -0.124. The molecule has 4 rings (SSSR count). The monoisotopic (exact) mass is 469 g/mol. The van der Waals surface area contributed by atoms with Crippen LogP contribution in [0.4, 0.5) is 0 Å². The minimum absolute atomic E-state index is 0.124. The van der Waals surface area contributed by atoms with Gasteiger partial charge >= 0.3 is 0 Å². The maximum Gasteiger partial charge on any atom is 0.256 e. The predicted molar refractivity (Wildman–Crippen MR) is 141 cm³/mol. The number of nitrogens with one attached hydrogen (secondary N) is 1. The molecule has 0 aliphatic heterocycles. The van der Waals surface area contributed by atoms with Crippen molar-refractivity contribution in [3.05, 3.63) is 101 Å². The summed E-state index contributed by atoms with van der Waals surface area (Å²) < 4.78 is 1.79. The van der Waals surface area contributed by atoms with E-state index in [0.717, 1.165) is 42.9 Å². The van der Waals surface area contributed by atoms with Gasteiger partial charge in [0.05, 0.1) is 6.20 Å². The molecule has 0 saturated carbocycles. The lowest BCUT2D eigenvalue weighted by Crippen LogP contribution is -2.34. The maximum atomic E-state index is 13.0. The molecule has 0 bridgehead atoms. The molecule has 6 nitrogen and oxygen atoms in total. The van der Waals surface area contributed by atoms with E-state index < -0.39 is 0 Å². The molecule has 6 heteroatoms. The minimum atomic E-state index is -0.124. The van der Waals surface area contributed by atoms with Crippen LogP contribution in [0.15, 0.2) is 66.9 Å². The van der Waals surface area contributed by atoms with Crippen LogP contribution in [0.25, 0.3) is 5.65 Å². The van der Waals surface area contributed by atoms with Gasteiger partial charge in [0.25, 0.3) is 5.91 Å². The second-order valence-corrected chi connectivity index (χ2v) is 9.38. The van der Waals surface area contributed by atoms with Gasteiger partial charge in [0.2, 0.25) is 0 Å². The first-order chi connectivity index (χ1) is 16.9. The number of carbonyl (C=O) groups is 1. The van der Waals surface area contributed by atoms with Crippen LogP contribution in [-0.2, 0) is 13.0 Å². The van der Waals surface area contributed by atoms with Gasteiger partial charge in [0, 0.05) is 43.5 Å². The van der Waals surface area contributed by atoms with Crippen LogP contribution in [0.1, 0.15) is 58.7 Å². The highest BCUT2D eigenvalue weighted by atomic mass is 16.1. The second-order valence-electron chi connectivity index (χ2n) is 9.38. The summed E-state index contributed by atoms with van der Waals surface area (Å²) in [5, 5.41) is 7.56. The molecule has 0 spiro atoms. The third-order valence-electron chi connectivity index (χ3n) is 6.54. The number of benzene rings is 2. The lowest BCUT2D eigenvalue weighted by molar-refractivity contribution is 0.0952. The molecule has 2 aromatic carbocycles. The molecule has 0 aliphatic rings. The van der Waals surface area contributed by atoms with Crippen molar-refractivity contribution < 1.29 is 4.79 Å². The lowest BCUT2D eigenvalue weighted by Gasteiger charge is -2.26. The highest BCUT2D eigenvalue weighted by Gasteiger charge is 2.18. The Labute approximate surface area is 208 Å². The molecule has 2 heterocycles. The van der Waals surface area contributed by atoms with E-state index in [1.807, 2.05) is 38.1 Å². The quantitative estimate of drug-likeness (QED) is 0.333. The molecule has 0 unspecified atom stereocenters. The van der Waals surface area contributed by atoms with Crippen molar-refractivity contribution >= 4 is 11.6 Å². The molecule has 1 amide bonds. The van der Waals surface area contributed by atoms with Gasteiger partial charge < -0.3 is 5.32 Å². The number of fused-ring (bicyclic) bond motifs is 1. The zero-order chi connectivity index (χ0) is 24.8. The maximum absolute atomic E-state index is 13.0. The molecular weight excluding hydrogens is 434 g/mol. The van der Waals surface area contributed by atoms with E-state index in [1.54, 1.807) is 10.7 Å². The molecule has 1 N–H and O–H groups in total. The van der Waals surface area contributed by atoms with Crippen molar-refractivity contribution in [1.82, 2.24) is 24.8 Å². The van der Waals surface area contributed by atoms with E-state index in [1.165, 1.54) is 11.1 Å². The van der Waals surface area contributed by atoms with Gasteiger partial charge in [-0.3, -0.25) is 9.69 Å². The van der Waals surface area contributed by atoms with Crippen LogP contribution in [-0.4, -0.2) is 44.5 Å². The fraction of sp³-hybridized carbons (Fsp3) is 0.345. The minimum Gasteiger partial charge on any atom is -0.352 e. The summed E-state index contributed by atoms with van der Waals surface area (Å²) in [4.78, 5) is 20.2. The Kier molecular flexibility index (Phi) is 7.93. The summed E-state index contributed by atoms with van der Waals surface area (Å²) in [6.07, 6.45) is 3.30. The van der Waals surface area contributed by atoms with Gasteiger partial charge in [0.15, 0.2) is 5.65 Å². The van der Waals surface area contributed by atoms with Crippen LogP contribution < -0.4 is 5.32 Å². The number of aromatic nitrogens is 3. The highest BCUT2D eigenvalue weighted by molar-refractivity contribution is 5.99. The Hall–Kier alpha value is -3.51. The molecule has 35 heavy (non-hydrogen) atoms. The standard InChI is InChI=1S/C29H35N5O/c1-21(2)33(20-25-14-9-6-10-15-25)17-11-16-30-29(35)27-19-31-34-23(4)26(22(3)32-28(27)34)18-24-12-7-5-8-13-24/h5-10,12-15,19,21H,11,16-18,20H2,1-4H3,(H,30,35). The number of carbonyl (C=O) groups excluding carboxylic acids is 1. The topological polar surface area (TPSA) is 62.5 Å². The number of aryl methyl sites for hydroxylation is 2. The molecule has 4 aromatic rings. The third-order valence-corrected chi connectivity index (χ3v) is 6.54. The third kappa shape index (κ3) is 5.95. The van der Waals surface area contributed by atoms with Gasteiger partial charge in [-0.2, -0.15) is 5.10 Å². The lowest BCUT2D eigenvalue weighted by atomic mass is 10.0. The number of nitrogens with zero attached hydrogens (tertiary/aromatic N) is 4. The first-order valence-corrected chi connectivity index (χ1v) is 12.4. The molecule has 0 radical (unpaired) electrons. The summed E-state index contributed by atoms with van der Waals surface area (Å²) >= 11 is 0. The summed E-state index contributed by atoms with van der Waals surface area (Å²) in [6, 6.07) is 21.3. The van der Waals surface area contributed by atoms with Crippen LogP contribution in [0.5, 0.6) is 0 Å². The van der Waals surface area contributed by atoms with E-state index in [9.17, 15) is 4.79 Å². The Morgan fingerprint density at radius 2 is 1.66 bits per heavy atom. The van der Waals surface area contributed by atoms with Crippen LogP contribution in [0, 0.1) is 13.8 Å². The Balaban J connectivity index is 1.39. The zero-order valence-electron chi connectivity index (χ0n) is 21.2. The van der Waals surface area contributed by atoms with Gasteiger partial charge in [-0.25, -0.2) is 9.50 Å². The average Bonchev–Trinajstić information content (AvgIpc) is 3.28. The van der Waals surface area contributed by atoms with Crippen molar-refractivity contribution in [2.75, 3.05) is 13.1 Å². The second kappa shape index (κ2) is 11.3. The number of rotatable bonds is 10. The van der Waals surface area contributed by atoms with E-state index in [4.69, 9.17) is 4.98 Å². The first kappa shape index (κ1) is 24.6. The molecule has 0 saturated heterocycles. The Morgan fingerprint density at radius 1 is 1.00 bits per heavy atom. The van der Waals surface area contributed by atoms with Gasteiger partial charge in [0.1, 0.15) is 5.56 Å². The highest BCUT2D eigenvalue weighted by Crippen LogP contribution is 2.20.